The number of rotatable bonds is 5. The molecule has 122 valence electrons. The highest BCUT2D eigenvalue weighted by atomic mass is 35.5. The first-order valence-corrected chi connectivity index (χ1v) is 8.63. The monoisotopic (exact) mass is 355 g/mol. The second kappa shape index (κ2) is 5.33. The van der Waals surface area contributed by atoms with E-state index in [2.05, 4.69) is 10.2 Å². The number of aromatic carboxylic acids is 1. The molecule has 1 aromatic carbocycles. The number of carboxylic acid groups (broad SMARTS) is 1. The average Bonchev–Trinajstić information content (AvgIpc) is 3.14. The van der Waals surface area contributed by atoms with Crippen LogP contribution in [0.5, 0.6) is 0 Å². The molecule has 1 heterocycles. The highest BCUT2D eigenvalue weighted by Gasteiger charge is 2.53. The van der Waals surface area contributed by atoms with Gasteiger partial charge < -0.3 is 5.11 Å². The number of hydrogen-bond acceptors (Lipinski definition) is 4. The van der Waals surface area contributed by atoms with Crippen molar-refractivity contribution in [2.24, 2.45) is 0 Å². The number of carboxylic acids is 1. The molecule has 0 amide bonds. The van der Waals surface area contributed by atoms with Gasteiger partial charge in [-0.15, -0.1) is 0 Å². The lowest BCUT2D eigenvalue weighted by atomic mass is 10.1. The number of H-pyrrole nitrogens is 1. The van der Waals surface area contributed by atoms with Crippen LogP contribution in [0.2, 0.25) is 5.02 Å². The fourth-order valence-electron chi connectivity index (χ4n) is 2.61. The molecular weight excluding hydrogens is 342 g/mol. The van der Waals surface area contributed by atoms with Gasteiger partial charge in [0.1, 0.15) is 0 Å². The first-order chi connectivity index (χ1) is 10.8. The van der Waals surface area contributed by atoms with E-state index in [-0.39, 0.29) is 10.7 Å². The smallest absolute Gasteiger partial charge is 0.356 e. The van der Waals surface area contributed by atoms with Gasteiger partial charge in [-0.05, 0) is 30.5 Å². The molecule has 2 N–H and O–H groups in total. The summed E-state index contributed by atoms with van der Waals surface area (Å²) in [4.78, 5) is 10.9. The third-order valence-corrected chi connectivity index (χ3v) is 6.17. The quantitative estimate of drug-likeness (QED) is 0.854. The minimum absolute atomic E-state index is 0.245. The number of nitrogens with zero attached hydrogens (tertiary/aromatic N) is 2. The maximum atomic E-state index is 12.7. The fourth-order valence-corrected chi connectivity index (χ4v) is 4.26. The van der Waals surface area contributed by atoms with Gasteiger partial charge >= 0.3 is 5.97 Å². The molecule has 0 spiro atoms. The summed E-state index contributed by atoms with van der Waals surface area (Å²) in [6.07, 6.45) is 1.34. The Balaban J connectivity index is 1.98. The third-order valence-electron chi connectivity index (χ3n) is 4.10. The number of aromatic amines is 1. The van der Waals surface area contributed by atoms with Gasteiger partial charge in [-0.1, -0.05) is 23.7 Å². The number of aromatic nitrogens is 2. The predicted molar refractivity (Wildman–Crippen MR) is 82.9 cm³/mol. The highest BCUT2D eigenvalue weighted by molar-refractivity contribution is 7.89. The van der Waals surface area contributed by atoms with Gasteiger partial charge in [0.2, 0.25) is 0 Å². The Morgan fingerprint density at radius 3 is 2.61 bits per heavy atom. The molecule has 23 heavy (non-hydrogen) atoms. The lowest BCUT2D eigenvalue weighted by molar-refractivity contribution is 0.0690. The van der Waals surface area contributed by atoms with E-state index in [0.717, 1.165) is 11.6 Å². The van der Waals surface area contributed by atoms with Crippen molar-refractivity contribution in [2.45, 2.75) is 23.4 Å². The second-order valence-corrected chi connectivity index (χ2v) is 7.81. The summed E-state index contributed by atoms with van der Waals surface area (Å²) in [7, 11) is -2.42. The van der Waals surface area contributed by atoms with E-state index in [4.69, 9.17) is 16.7 Å². The molecular formula is C14H14ClN3O4S. The topological polar surface area (TPSA) is 103 Å². The highest BCUT2D eigenvalue weighted by Crippen LogP contribution is 2.52. The molecule has 0 bridgehead atoms. The first-order valence-electron chi connectivity index (χ1n) is 6.81. The number of nitrogens with one attached hydrogen (secondary N) is 1. The summed E-state index contributed by atoms with van der Waals surface area (Å²) in [6, 6.07) is 8.10. The zero-order chi connectivity index (χ0) is 16.8. The Morgan fingerprint density at radius 2 is 2.09 bits per heavy atom. The van der Waals surface area contributed by atoms with Gasteiger partial charge in [0.15, 0.2) is 10.7 Å². The summed E-state index contributed by atoms with van der Waals surface area (Å²) in [5, 5.41) is 15.0. The molecule has 9 heteroatoms. The van der Waals surface area contributed by atoms with E-state index in [1.807, 2.05) is 6.07 Å². The summed E-state index contributed by atoms with van der Waals surface area (Å²) >= 11 is 6.00. The lowest BCUT2D eigenvalue weighted by Gasteiger charge is -2.27. The number of hydrogen-bond donors (Lipinski definition) is 2. The average molecular weight is 356 g/mol. The van der Waals surface area contributed by atoms with Crippen LogP contribution >= 0.6 is 11.6 Å². The van der Waals surface area contributed by atoms with Crippen molar-refractivity contribution in [3.63, 3.8) is 0 Å². The van der Waals surface area contributed by atoms with Gasteiger partial charge in [0, 0.05) is 18.1 Å². The van der Waals surface area contributed by atoms with Crippen molar-refractivity contribution in [3.05, 3.63) is 46.6 Å². The molecule has 0 radical (unpaired) electrons. The second-order valence-electron chi connectivity index (χ2n) is 5.44. The Kier molecular flexibility index (Phi) is 3.70. The largest absolute Gasteiger partial charge is 0.476 e. The minimum atomic E-state index is -3.90. The van der Waals surface area contributed by atoms with Crippen LogP contribution in [0.15, 0.2) is 35.4 Å². The maximum absolute atomic E-state index is 12.7. The zero-order valence-corrected chi connectivity index (χ0v) is 13.7. The van der Waals surface area contributed by atoms with Crippen LogP contribution in [-0.4, -0.2) is 41.0 Å². The normalized spacial score (nSPS) is 16.5. The summed E-state index contributed by atoms with van der Waals surface area (Å²) in [5.74, 6) is -1.29. The van der Waals surface area contributed by atoms with E-state index >= 15 is 0 Å². The van der Waals surface area contributed by atoms with Gasteiger partial charge in [-0.25, -0.2) is 13.2 Å². The van der Waals surface area contributed by atoms with Crippen LogP contribution in [0.3, 0.4) is 0 Å². The van der Waals surface area contributed by atoms with E-state index in [1.165, 1.54) is 11.4 Å². The van der Waals surface area contributed by atoms with E-state index in [9.17, 15) is 13.2 Å². The molecule has 1 fully saturated rings. The zero-order valence-electron chi connectivity index (χ0n) is 12.2. The fraction of sp³-hybridized carbons (Fsp3) is 0.286. The number of halogens is 1. The van der Waals surface area contributed by atoms with Crippen LogP contribution in [0.25, 0.3) is 0 Å². The van der Waals surface area contributed by atoms with Crippen LogP contribution in [0.1, 0.15) is 28.9 Å². The minimum Gasteiger partial charge on any atom is -0.476 e. The van der Waals surface area contributed by atoms with Crippen LogP contribution in [-0.2, 0) is 15.6 Å². The van der Waals surface area contributed by atoms with Crippen LogP contribution in [0, 0.1) is 0 Å². The maximum Gasteiger partial charge on any atom is 0.356 e. The van der Waals surface area contributed by atoms with Crippen LogP contribution in [0.4, 0.5) is 0 Å². The van der Waals surface area contributed by atoms with Crippen molar-refractivity contribution in [1.29, 1.82) is 0 Å². The van der Waals surface area contributed by atoms with Gasteiger partial charge in [0.25, 0.3) is 10.0 Å². The van der Waals surface area contributed by atoms with Crippen molar-refractivity contribution >= 4 is 27.6 Å². The summed E-state index contributed by atoms with van der Waals surface area (Å²) < 4.78 is 26.7. The van der Waals surface area contributed by atoms with E-state index in [0.29, 0.717) is 17.9 Å². The lowest BCUT2D eigenvalue weighted by Crippen LogP contribution is -2.37. The predicted octanol–water partition coefficient (Wildman–Crippen LogP) is 2.07. The number of sulfonamides is 1. The van der Waals surface area contributed by atoms with Gasteiger partial charge in [-0.2, -0.15) is 9.40 Å². The van der Waals surface area contributed by atoms with Crippen molar-refractivity contribution < 1.29 is 18.3 Å². The van der Waals surface area contributed by atoms with Crippen molar-refractivity contribution in [3.8, 4) is 0 Å². The molecule has 7 nitrogen and oxygen atoms in total. The Hall–Kier alpha value is -1.90. The number of carbonyl (C=O) groups is 1. The third kappa shape index (κ3) is 2.62. The molecule has 1 saturated carbocycles. The standard InChI is InChI=1S/C14H14ClN3O4S/c1-18(14(5-6-14)9-3-2-4-10(15)7-9)23(21,22)12-8-11(13(19)20)16-17-12/h2-4,7-8H,5-6H2,1H3,(H,16,17)(H,19,20). The first kappa shape index (κ1) is 16.0. The SMILES string of the molecule is CN(C1(c2cccc(Cl)c2)CC1)S(=O)(=O)c1cc(C(=O)O)n[nH]1. The summed E-state index contributed by atoms with van der Waals surface area (Å²) in [6.45, 7) is 0. The molecule has 1 aliphatic carbocycles. The van der Waals surface area contributed by atoms with Crippen molar-refractivity contribution in [2.75, 3.05) is 7.05 Å². The molecule has 0 atom stereocenters. The molecule has 1 aliphatic rings. The summed E-state index contributed by atoms with van der Waals surface area (Å²) in [5.41, 5.74) is -0.184. The molecule has 0 saturated heterocycles. The molecule has 2 aromatic rings. The van der Waals surface area contributed by atoms with Gasteiger partial charge in [0.05, 0.1) is 5.54 Å². The molecule has 0 aliphatic heterocycles. The Bertz CT molecular complexity index is 874. The molecule has 3 rings (SSSR count). The van der Waals surface area contributed by atoms with E-state index < -0.39 is 21.5 Å². The van der Waals surface area contributed by atoms with Gasteiger partial charge in [-0.3, -0.25) is 5.10 Å². The molecule has 1 aromatic heterocycles. The Labute approximate surface area is 137 Å². The Morgan fingerprint density at radius 1 is 1.39 bits per heavy atom. The number of benzene rings is 1. The van der Waals surface area contributed by atoms with Crippen LogP contribution < -0.4 is 0 Å². The van der Waals surface area contributed by atoms with E-state index in [1.54, 1.807) is 18.2 Å². The molecule has 0 unspecified atom stereocenters. The van der Waals surface area contributed by atoms with Crippen molar-refractivity contribution in [1.82, 2.24) is 14.5 Å².